The van der Waals surface area contributed by atoms with Crippen LogP contribution in [0.15, 0.2) is 42.9 Å². The zero-order valence-electron chi connectivity index (χ0n) is 14.4. The van der Waals surface area contributed by atoms with Gasteiger partial charge in [0.1, 0.15) is 11.2 Å². The SMILES string of the molecule is CCS(=O)(=O)c1cc(Br)c(C)nc1-c1nc2cc(S(=O)C(F)(F)F)ccc2o1. The van der Waals surface area contributed by atoms with Crippen LogP contribution >= 0.6 is 15.9 Å². The van der Waals surface area contributed by atoms with E-state index in [-0.39, 0.29) is 33.3 Å². The fraction of sp³-hybridized carbons (Fsp3) is 0.250. The Morgan fingerprint density at radius 2 is 1.89 bits per heavy atom. The van der Waals surface area contributed by atoms with E-state index < -0.39 is 31.0 Å². The molecule has 1 atom stereocenters. The van der Waals surface area contributed by atoms with Crippen LogP contribution in [-0.2, 0) is 20.6 Å². The molecule has 12 heteroatoms. The normalized spacial score (nSPS) is 13.8. The van der Waals surface area contributed by atoms with E-state index in [0.717, 1.165) is 12.1 Å². The van der Waals surface area contributed by atoms with Crippen molar-refractivity contribution in [1.82, 2.24) is 9.97 Å². The third-order valence-corrected chi connectivity index (χ3v) is 7.46. The Balaban J connectivity index is 2.20. The van der Waals surface area contributed by atoms with Crippen LogP contribution in [0.1, 0.15) is 12.6 Å². The summed E-state index contributed by atoms with van der Waals surface area (Å²) in [6.07, 6.45) is 0. The molecular formula is C16H12BrF3N2O4S2. The van der Waals surface area contributed by atoms with Crippen molar-refractivity contribution < 1.29 is 30.2 Å². The first-order valence-electron chi connectivity index (χ1n) is 7.73. The molecule has 28 heavy (non-hydrogen) atoms. The molecule has 0 bridgehead atoms. The second kappa shape index (κ2) is 7.23. The Morgan fingerprint density at radius 3 is 2.50 bits per heavy atom. The summed E-state index contributed by atoms with van der Waals surface area (Å²) in [5.74, 6) is -0.348. The molecule has 0 spiro atoms. The molecule has 2 heterocycles. The fourth-order valence-corrected chi connectivity index (χ4v) is 4.55. The van der Waals surface area contributed by atoms with Gasteiger partial charge in [0.25, 0.3) is 0 Å². The van der Waals surface area contributed by atoms with Crippen LogP contribution in [0, 0.1) is 6.92 Å². The number of hydrogen-bond donors (Lipinski definition) is 0. The van der Waals surface area contributed by atoms with Crippen molar-refractivity contribution in [2.24, 2.45) is 0 Å². The maximum atomic E-state index is 12.7. The molecule has 6 nitrogen and oxygen atoms in total. The number of pyridine rings is 1. The van der Waals surface area contributed by atoms with Crippen molar-refractivity contribution >= 4 is 47.7 Å². The Labute approximate surface area is 168 Å². The summed E-state index contributed by atoms with van der Waals surface area (Å²) in [4.78, 5) is 7.71. The monoisotopic (exact) mass is 496 g/mol. The summed E-state index contributed by atoms with van der Waals surface area (Å²) in [6, 6.07) is 4.59. The van der Waals surface area contributed by atoms with Crippen molar-refractivity contribution in [3.05, 3.63) is 34.4 Å². The average molecular weight is 497 g/mol. The van der Waals surface area contributed by atoms with Crippen LogP contribution < -0.4 is 0 Å². The van der Waals surface area contributed by atoms with Gasteiger partial charge in [-0.2, -0.15) is 13.2 Å². The van der Waals surface area contributed by atoms with E-state index in [9.17, 15) is 25.8 Å². The number of sulfone groups is 1. The lowest BCUT2D eigenvalue weighted by atomic mass is 10.3. The Bertz CT molecular complexity index is 1210. The van der Waals surface area contributed by atoms with Crippen molar-refractivity contribution in [2.45, 2.75) is 29.1 Å². The van der Waals surface area contributed by atoms with E-state index in [1.54, 1.807) is 6.92 Å². The molecule has 0 aliphatic carbocycles. The predicted octanol–water partition coefficient (Wildman–Crippen LogP) is 4.38. The van der Waals surface area contributed by atoms with Crippen LogP contribution in [0.2, 0.25) is 0 Å². The highest BCUT2D eigenvalue weighted by atomic mass is 79.9. The number of fused-ring (bicyclic) bond motifs is 1. The Kier molecular flexibility index (Phi) is 5.40. The largest absolute Gasteiger partial charge is 0.475 e. The van der Waals surface area contributed by atoms with Crippen LogP contribution in [0.25, 0.3) is 22.7 Å². The highest BCUT2D eigenvalue weighted by Crippen LogP contribution is 2.33. The van der Waals surface area contributed by atoms with Gasteiger partial charge in [0.15, 0.2) is 26.2 Å². The van der Waals surface area contributed by atoms with Crippen molar-refractivity contribution in [1.29, 1.82) is 0 Å². The number of hydrogen-bond acceptors (Lipinski definition) is 6. The smallest absolute Gasteiger partial charge is 0.435 e. The van der Waals surface area contributed by atoms with E-state index >= 15 is 0 Å². The second-order valence-corrected chi connectivity index (χ2v) is 10.2. The van der Waals surface area contributed by atoms with Crippen LogP contribution in [0.4, 0.5) is 13.2 Å². The molecule has 0 fully saturated rings. The summed E-state index contributed by atoms with van der Waals surface area (Å²) in [6.45, 7) is 3.11. The Morgan fingerprint density at radius 1 is 1.21 bits per heavy atom. The first-order chi connectivity index (χ1) is 12.9. The molecule has 0 saturated carbocycles. The lowest BCUT2D eigenvalue weighted by Gasteiger charge is -2.08. The van der Waals surface area contributed by atoms with Gasteiger partial charge in [0.05, 0.1) is 21.2 Å². The summed E-state index contributed by atoms with van der Waals surface area (Å²) < 4.78 is 80.4. The van der Waals surface area contributed by atoms with Gasteiger partial charge in [-0.25, -0.2) is 22.6 Å². The number of oxazole rings is 1. The number of rotatable bonds is 4. The number of alkyl halides is 3. The number of aromatic nitrogens is 2. The van der Waals surface area contributed by atoms with E-state index in [4.69, 9.17) is 4.42 Å². The van der Waals surface area contributed by atoms with E-state index in [1.165, 1.54) is 19.1 Å². The van der Waals surface area contributed by atoms with Gasteiger partial charge >= 0.3 is 5.51 Å². The molecule has 0 N–H and O–H groups in total. The number of nitrogens with zero attached hydrogens (tertiary/aromatic N) is 2. The number of benzene rings is 1. The maximum absolute atomic E-state index is 12.7. The van der Waals surface area contributed by atoms with E-state index in [2.05, 4.69) is 25.9 Å². The molecule has 0 aliphatic heterocycles. The van der Waals surface area contributed by atoms with Crippen LogP contribution in [0.3, 0.4) is 0 Å². The van der Waals surface area contributed by atoms with Gasteiger partial charge in [-0.15, -0.1) is 0 Å². The molecule has 0 radical (unpaired) electrons. The van der Waals surface area contributed by atoms with Gasteiger partial charge in [0.2, 0.25) is 5.89 Å². The third-order valence-electron chi connectivity index (χ3n) is 3.82. The minimum atomic E-state index is -4.91. The molecule has 1 aromatic carbocycles. The lowest BCUT2D eigenvalue weighted by Crippen LogP contribution is -2.16. The van der Waals surface area contributed by atoms with Crippen molar-refractivity contribution in [3.8, 4) is 11.6 Å². The average Bonchev–Trinajstić information content (AvgIpc) is 3.05. The molecule has 1 unspecified atom stereocenters. The quantitative estimate of drug-likeness (QED) is 0.532. The predicted molar refractivity (Wildman–Crippen MR) is 99.9 cm³/mol. The zero-order chi connectivity index (χ0) is 20.9. The van der Waals surface area contributed by atoms with E-state index in [1.807, 2.05) is 0 Å². The maximum Gasteiger partial charge on any atom is 0.475 e. The lowest BCUT2D eigenvalue weighted by molar-refractivity contribution is -0.0384. The topological polar surface area (TPSA) is 90.1 Å². The van der Waals surface area contributed by atoms with Gasteiger partial charge < -0.3 is 4.42 Å². The van der Waals surface area contributed by atoms with Gasteiger partial charge in [-0.05, 0) is 47.1 Å². The van der Waals surface area contributed by atoms with Crippen LogP contribution in [0.5, 0.6) is 0 Å². The fourth-order valence-electron chi connectivity index (χ4n) is 2.37. The summed E-state index contributed by atoms with van der Waals surface area (Å²) in [5.41, 5.74) is -4.36. The number of halogens is 4. The first-order valence-corrected chi connectivity index (χ1v) is 11.3. The second-order valence-electron chi connectivity index (χ2n) is 5.67. The molecule has 3 aromatic rings. The minimum absolute atomic E-state index is 0.00678. The molecule has 0 saturated heterocycles. The third kappa shape index (κ3) is 3.85. The molecule has 0 amide bonds. The standard InChI is InChI=1S/C16H12BrF3N2O4S2/c1-3-28(24,25)13-7-10(17)8(2)21-14(13)15-22-11-6-9(4-5-12(11)26-15)27(23)16(18,19)20/h4-7H,3H2,1-2H3. The van der Waals surface area contributed by atoms with Crippen LogP contribution in [-0.4, -0.2) is 33.9 Å². The Hall–Kier alpha value is -1.79. The van der Waals surface area contributed by atoms with E-state index in [0.29, 0.717) is 10.2 Å². The van der Waals surface area contributed by atoms with Gasteiger partial charge in [-0.1, -0.05) is 6.92 Å². The number of aryl methyl sites for hydroxylation is 1. The molecule has 0 aliphatic rings. The van der Waals surface area contributed by atoms with Crippen molar-refractivity contribution in [2.75, 3.05) is 5.75 Å². The van der Waals surface area contributed by atoms with Gasteiger partial charge in [-0.3, -0.25) is 0 Å². The molecule has 150 valence electrons. The first kappa shape index (κ1) is 20.9. The summed E-state index contributed by atoms with van der Waals surface area (Å²) >= 11 is 3.23. The summed E-state index contributed by atoms with van der Waals surface area (Å²) in [5, 5.41) is 0. The molecular weight excluding hydrogens is 485 g/mol. The zero-order valence-corrected chi connectivity index (χ0v) is 17.6. The molecule has 3 rings (SSSR count). The van der Waals surface area contributed by atoms with Gasteiger partial charge in [0, 0.05) is 4.47 Å². The highest BCUT2D eigenvalue weighted by Gasteiger charge is 2.38. The molecule has 2 aromatic heterocycles. The van der Waals surface area contributed by atoms with Crippen molar-refractivity contribution in [3.63, 3.8) is 0 Å². The summed E-state index contributed by atoms with van der Waals surface area (Å²) in [7, 11) is -6.90. The highest BCUT2D eigenvalue weighted by molar-refractivity contribution is 9.10. The minimum Gasteiger partial charge on any atom is -0.435 e.